The second-order valence-electron chi connectivity index (χ2n) is 8.00. The number of fused-ring (bicyclic) bond motifs is 2. The maximum Gasteiger partial charge on any atom is 0.417 e. The zero-order chi connectivity index (χ0) is 26.8. The lowest BCUT2D eigenvalue weighted by molar-refractivity contribution is -0.390. The minimum atomic E-state index is -1.10. The maximum atomic E-state index is 12.7. The molecule has 12 heteroatoms. The van der Waals surface area contributed by atoms with Crippen molar-refractivity contribution in [2.45, 2.75) is 4.90 Å². The van der Waals surface area contributed by atoms with Crippen molar-refractivity contribution in [2.75, 3.05) is 17.2 Å². The maximum absolute atomic E-state index is 12.7. The van der Waals surface area contributed by atoms with Crippen LogP contribution in [0.2, 0.25) is 0 Å². The van der Waals surface area contributed by atoms with E-state index in [1.807, 2.05) is 0 Å². The molecule has 0 bridgehead atoms. The van der Waals surface area contributed by atoms with Crippen molar-refractivity contribution >= 4 is 56.4 Å². The third-order valence-corrected chi connectivity index (χ3v) is 6.86. The monoisotopic (exact) mass is 531 g/mol. The van der Waals surface area contributed by atoms with Gasteiger partial charge in [0.1, 0.15) is 21.7 Å². The zero-order valence-corrected chi connectivity index (χ0v) is 20.3. The molecule has 0 unspecified atom stereocenters. The van der Waals surface area contributed by atoms with Crippen LogP contribution < -0.4 is 16.2 Å². The van der Waals surface area contributed by atoms with Gasteiger partial charge in [0.15, 0.2) is 0 Å². The molecule has 0 saturated carbocycles. The highest BCUT2D eigenvalue weighted by Gasteiger charge is 2.30. The van der Waals surface area contributed by atoms with Crippen LogP contribution in [0.3, 0.4) is 0 Å². The standard InChI is InChI=1S/C26H17N3O8S/c30-25-22(28(32)33)21(17-10-4-6-12-19(17)36-25)27(16-8-2-1-3-9-16)14-15-38-24-18-11-5-7-13-20(18)37-26(31)23(24)29(34)35/h1-13H,14-15H2. The molecule has 2 aromatic heterocycles. The molecule has 0 aliphatic carbocycles. The van der Waals surface area contributed by atoms with E-state index >= 15 is 0 Å². The van der Waals surface area contributed by atoms with Gasteiger partial charge in [-0.1, -0.05) is 42.5 Å². The van der Waals surface area contributed by atoms with Crippen LogP contribution in [0.5, 0.6) is 0 Å². The number of anilines is 2. The average molecular weight is 532 g/mol. The van der Waals surface area contributed by atoms with E-state index in [-0.39, 0.29) is 34.0 Å². The van der Waals surface area contributed by atoms with Crippen LogP contribution in [0.4, 0.5) is 22.7 Å². The van der Waals surface area contributed by atoms with E-state index in [0.717, 1.165) is 11.8 Å². The number of benzene rings is 3. The Bertz CT molecular complexity index is 1820. The summed E-state index contributed by atoms with van der Waals surface area (Å²) in [5.41, 5.74) is -2.61. The smallest absolute Gasteiger partial charge is 0.417 e. The lowest BCUT2D eigenvalue weighted by Gasteiger charge is -2.25. The van der Waals surface area contributed by atoms with E-state index in [9.17, 15) is 29.8 Å². The molecule has 5 aromatic rings. The van der Waals surface area contributed by atoms with Crippen LogP contribution in [-0.2, 0) is 0 Å². The van der Waals surface area contributed by atoms with Crippen molar-refractivity contribution in [3.05, 3.63) is 120 Å². The first-order valence-corrected chi connectivity index (χ1v) is 12.2. The largest absolute Gasteiger partial charge is 0.418 e. The predicted molar refractivity (Wildman–Crippen MR) is 142 cm³/mol. The van der Waals surface area contributed by atoms with Gasteiger partial charge in [0, 0.05) is 28.8 Å². The second-order valence-corrected chi connectivity index (χ2v) is 9.10. The molecular weight excluding hydrogens is 514 g/mol. The van der Waals surface area contributed by atoms with E-state index in [1.54, 1.807) is 83.8 Å². The molecule has 0 fully saturated rings. The Morgan fingerprint density at radius 3 is 1.87 bits per heavy atom. The van der Waals surface area contributed by atoms with E-state index in [1.165, 1.54) is 0 Å². The minimum absolute atomic E-state index is 0.0422. The highest BCUT2D eigenvalue weighted by molar-refractivity contribution is 7.99. The fraction of sp³-hybridized carbons (Fsp3) is 0.0769. The van der Waals surface area contributed by atoms with Gasteiger partial charge in [-0.3, -0.25) is 20.2 Å². The molecule has 0 spiro atoms. The van der Waals surface area contributed by atoms with Crippen LogP contribution >= 0.6 is 11.8 Å². The summed E-state index contributed by atoms with van der Waals surface area (Å²) in [6.45, 7) is 0.0919. The van der Waals surface area contributed by atoms with Gasteiger partial charge in [-0.15, -0.1) is 11.8 Å². The molecule has 0 amide bonds. The minimum Gasteiger partial charge on any atom is -0.418 e. The average Bonchev–Trinajstić information content (AvgIpc) is 2.90. The number of nitro groups is 2. The van der Waals surface area contributed by atoms with Crippen molar-refractivity contribution in [2.24, 2.45) is 0 Å². The number of hydrogen-bond donors (Lipinski definition) is 0. The molecule has 11 nitrogen and oxygen atoms in total. The molecule has 0 radical (unpaired) electrons. The van der Waals surface area contributed by atoms with Gasteiger partial charge in [-0.05, 0) is 36.4 Å². The molecule has 38 heavy (non-hydrogen) atoms. The van der Waals surface area contributed by atoms with Gasteiger partial charge >= 0.3 is 22.6 Å². The Hall–Kier alpha value is -4.97. The second kappa shape index (κ2) is 10.2. The molecule has 3 aromatic carbocycles. The molecule has 0 atom stereocenters. The van der Waals surface area contributed by atoms with Crippen molar-refractivity contribution in [3.63, 3.8) is 0 Å². The van der Waals surface area contributed by atoms with Gasteiger partial charge < -0.3 is 13.7 Å². The summed E-state index contributed by atoms with van der Waals surface area (Å²) in [6.07, 6.45) is 0. The van der Waals surface area contributed by atoms with Gasteiger partial charge in [0.2, 0.25) is 0 Å². The first-order chi connectivity index (χ1) is 18.4. The fourth-order valence-electron chi connectivity index (χ4n) is 4.19. The van der Waals surface area contributed by atoms with Crippen LogP contribution in [0, 0.1) is 20.2 Å². The molecule has 2 heterocycles. The third kappa shape index (κ3) is 4.48. The van der Waals surface area contributed by atoms with E-state index in [4.69, 9.17) is 8.83 Å². The van der Waals surface area contributed by atoms with E-state index < -0.39 is 32.5 Å². The molecule has 0 aliphatic rings. The molecule has 0 saturated heterocycles. The highest BCUT2D eigenvalue weighted by Crippen LogP contribution is 2.39. The normalized spacial score (nSPS) is 11.1. The Morgan fingerprint density at radius 2 is 1.24 bits per heavy atom. The molecule has 0 aliphatic heterocycles. The third-order valence-electron chi connectivity index (χ3n) is 5.77. The molecule has 190 valence electrons. The number of nitrogens with zero attached hydrogens (tertiary/aromatic N) is 3. The summed E-state index contributed by atoms with van der Waals surface area (Å²) in [7, 11) is 0. The first kappa shape index (κ1) is 24.7. The predicted octanol–water partition coefficient (Wildman–Crippen LogP) is 5.65. The number of rotatable bonds is 8. The Morgan fingerprint density at radius 1 is 0.711 bits per heavy atom. The zero-order valence-electron chi connectivity index (χ0n) is 19.4. The van der Waals surface area contributed by atoms with Crippen molar-refractivity contribution < 1.29 is 18.7 Å². The quantitative estimate of drug-likeness (QED) is 0.106. The lowest BCUT2D eigenvalue weighted by Crippen LogP contribution is -2.24. The van der Waals surface area contributed by atoms with Gasteiger partial charge in [-0.2, -0.15) is 0 Å². The van der Waals surface area contributed by atoms with Crippen LogP contribution in [0.15, 0.2) is 102 Å². The summed E-state index contributed by atoms with van der Waals surface area (Å²) in [5, 5.41) is 24.5. The van der Waals surface area contributed by atoms with Crippen LogP contribution in [0.1, 0.15) is 0 Å². The fourth-order valence-corrected chi connectivity index (χ4v) is 5.29. The van der Waals surface area contributed by atoms with E-state index in [2.05, 4.69) is 0 Å². The topological polar surface area (TPSA) is 150 Å². The number of thioether (sulfide) groups is 1. The molecule has 5 rings (SSSR count). The summed E-state index contributed by atoms with van der Waals surface area (Å²) in [6, 6.07) is 21.7. The Labute approximate surface area is 217 Å². The molecule has 0 N–H and O–H groups in total. The van der Waals surface area contributed by atoms with Crippen molar-refractivity contribution in [1.82, 2.24) is 0 Å². The van der Waals surface area contributed by atoms with Crippen molar-refractivity contribution in [1.29, 1.82) is 0 Å². The summed E-state index contributed by atoms with van der Waals surface area (Å²) in [5.74, 6) is 0.162. The summed E-state index contributed by atoms with van der Waals surface area (Å²) < 4.78 is 10.3. The number of para-hydroxylation sites is 3. The first-order valence-electron chi connectivity index (χ1n) is 11.2. The Kier molecular flexibility index (Phi) is 6.62. The van der Waals surface area contributed by atoms with E-state index in [0.29, 0.717) is 16.5 Å². The summed E-state index contributed by atoms with van der Waals surface area (Å²) >= 11 is 1.05. The van der Waals surface area contributed by atoms with Crippen LogP contribution in [-0.4, -0.2) is 22.1 Å². The lowest BCUT2D eigenvalue weighted by atomic mass is 10.1. The van der Waals surface area contributed by atoms with Gasteiger partial charge in [0.25, 0.3) is 0 Å². The van der Waals surface area contributed by atoms with Gasteiger partial charge in [0.05, 0.1) is 9.85 Å². The molecular formula is C26H17N3O8S. The number of hydrogen-bond acceptors (Lipinski definition) is 10. The Balaban J connectivity index is 1.63. The van der Waals surface area contributed by atoms with Crippen LogP contribution in [0.25, 0.3) is 21.9 Å². The highest BCUT2D eigenvalue weighted by atomic mass is 32.2. The van der Waals surface area contributed by atoms with Gasteiger partial charge in [-0.25, -0.2) is 9.59 Å². The SMILES string of the molecule is O=c1oc2ccccc2c(SCCN(c2ccccc2)c2c([N+](=O)[O-])c(=O)oc3ccccc23)c1[N+](=O)[O-]. The van der Waals surface area contributed by atoms with Crippen molar-refractivity contribution in [3.8, 4) is 0 Å². The summed E-state index contributed by atoms with van der Waals surface area (Å²) in [4.78, 5) is 49.0.